The van der Waals surface area contributed by atoms with E-state index >= 15 is 0 Å². The van der Waals surface area contributed by atoms with Gasteiger partial charge in [0.2, 0.25) is 5.43 Å². The molecule has 6 nitrogen and oxygen atoms in total. The average Bonchev–Trinajstić information content (AvgIpc) is 3.11. The monoisotopic (exact) mass is 395 g/mol. The molecule has 2 aromatic carbocycles. The van der Waals surface area contributed by atoms with Gasteiger partial charge in [-0.2, -0.15) is 5.10 Å². The molecular weight excluding hydrogens is 380 g/mol. The summed E-state index contributed by atoms with van der Waals surface area (Å²) in [5.41, 5.74) is 0.209. The van der Waals surface area contributed by atoms with Crippen molar-refractivity contribution < 1.29 is 18.7 Å². The SMILES string of the molecule is Cn1nccc1-c1ccc(Cn2cc(C(=O)O)c(=O)c3cccc(F)c32)c(F)c1. The third kappa shape index (κ3) is 3.18. The minimum Gasteiger partial charge on any atom is -0.477 e. The Morgan fingerprint density at radius 3 is 2.59 bits per heavy atom. The number of hydrogen-bond donors (Lipinski definition) is 1. The number of para-hydroxylation sites is 1. The maximum Gasteiger partial charge on any atom is 0.341 e. The molecule has 0 fully saturated rings. The summed E-state index contributed by atoms with van der Waals surface area (Å²) >= 11 is 0. The maximum atomic E-state index is 14.8. The Morgan fingerprint density at radius 1 is 1.14 bits per heavy atom. The summed E-state index contributed by atoms with van der Waals surface area (Å²) in [6, 6.07) is 10.2. The molecular formula is C21H15F2N3O3. The van der Waals surface area contributed by atoms with Gasteiger partial charge in [0.05, 0.1) is 17.8 Å². The molecule has 0 saturated carbocycles. The van der Waals surface area contributed by atoms with E-state index in [0.717, 1.165) is 11.9 Å². The smallest absolute Gasteiger partial charge is 0.341 e. The number of rotatable bonds is 4. The molecule has 4 rings (SSSR count). The fourth-order valence-corrected chi connectivity index (χ4v) is 3.37. The lowest BCUT2D eigenvalue weighted by molar-refractivity contribution is 0.0695. The van der Waals surface area contributed by atoms with Crippen molar-refractivity contribution in [2.45, 2.75) is 6.54 Å². The van der Waals surface area contributed by atoms with E-state index in [4.69, 9.17) is 0 Å². The number of aryl methyl sites for hydroxylation is 1. The van der Waals surface area contributed by atoms with Gasteiger partial charge >= 0.3 is 5.97 Å². The van der Waals surface area contributed by atoms with E-state index in [0.29, 0.717) is 5.56 Å². The van der Waals surface area contributed by atoms with Crippen LogP contribution in [-0.2, 0) is 13.6 Å². The van der Waals surface area contributed by atoms with Gasteiger partial charge in [0, 0.05) is 36.0 Å². The zero-order chi connectivity index (χ0) is 20.7. The van der Waals surface area contributed by atoms with Crippen LogP contribution < -0.4 is 5.43 Å². The molecule has 8 heteroatoms. The second kappa shape index (κ2) is 6.97. The first kappa shape index (κ1) is 18.5. The fourth-order valence-electron chi connectivity index (χ4n) is 3.37. The maximum absolute atomic E-state index is 14.8. The van der Waals surface area contributed by atoms with Crippen LogP contribution in [0.5, 0.6) is 0 Å². The first-order valence-corrected chi connectivity index (χ1v) is 8.68. The molecule has 2 aromatic heterocycles. The van der Waals surface area contributed by atoms with Crippen molar-refractivity contribution in [3.05, 3.63) is 87.8 Å². The molecule has 29 heavy (non-hydrogen) atoms. The molecule has 1 N–H and O–H groups in total. The highest BCUT2D eigenvalue weighted by molar-refractivity contribution is 5.92. The Kier molecular flexibility index (Phi) is 4.46. The van der Waals surface area contributed by atoms with E-state index in [1.807, 2.05) is 0 Å². The summed E-state index contributed by atoms with van der Waals surface area (Å²) in [5, 5.41) is 13.3. The lowest BCUT2D eigenvalue weighted by Crippen LogP contribution is -2.20. The van der Waals surface area contributed by atoms with Crippen molar-refractivity contribution in [2.75, 3.05) is 0 Å². The average molecular weight is 395 g/mol. The molecule has 2 heterocycles. The van der Waals surface area contributed by atoms with Crippen molar-refractivity contribution in [2.24, 2.45) is 7.05 Å². The topological polar surface area (TPSA) is 77.1 Å². The normalized spacial score (nSPS) is 11.1. The summed E-state index contributed by atoms with van der Waals surface area (Å²) < 4.78 is 32.1. The quantitative estimate of drug-likeness (QED) is 0.574. The number of pyridine rings is 1. The van der Waals surface area contributed by atoms with Gasteiger partial charge in [-0.25, -0.2) is 13.6 Å². The van der Waals surface area contributed by atoms with Crippen LogP contribution in [0.2, 0.25) is 0 Å². The van der Waals surface area contributed by atoms with E-state index < -0.39 is 28.6 Å². The Hall–Kier alpha value is -3.81. The van der Waals surface area contributed by atoms with Crippen LogP contribution in [0.4, 0.5) is 8.78 Å². The van der Waals surface area contributed by atoms with Gasteiger partial charge < -0.3 is 9.67 Å². The molecule has 0 aliphatic carbocycles. The number of fused-ring (bicyclic) bond motifs is 1. The largest absolute Gasteiger partial charge is 0.477 e. The molecule has 146 valence electrons. The highest BCUT2D eigenvalue weighted by Gasteiger charge is 2.18. The van der Waals surface area contributed by atoms with Gasteiger partial charge in [-0.1, -0.05) is 18.2 Å². The first-order valence-electron chi connectivity index (χ1n) is 8.68. The molecule has 0 unspecified atom stereocenters. The van der Waals surface area contributed by atoms with Crippen LogP contribution in [0.15, 0.2) is 59.7 Å². The predicted octanol–water partition coefficient (Wildman–Crippen LogP) is 3.43. The summed E-state index contributed by atoms with van der Waals surface area (Å²) in [6.45, 7) is -0.143. The van der Waals surface area contributed by atoms with E-state index in [9.17, 15) is 23.5 Å². The number of carbonyl (C=O) groups is 1. The Morgan fingerprint density at radius 2 is 1.93 bits per heavy atom. The molecule has 0 aliphatic heterocycles. The van der Waals surface area contributed by atoms with Gasteiger partial charge in [0.1, 0.15) is 17.2 Å². The fraction of sp³-hybridized carbons (Fsp3) is 0.0952. The van der Waals surface area contributed by atoms with E-state index in [1.165, 1.54) is 28.8 Å². The van der Waals surface area contributed by atoms with E-state index in [2.05, 4.69) is 5.10 Å². The predicted molar refractivity (Wildman–Crippen MR) is 103 cm³/mol. The molecule has 0 saturated heterocycles. The number of carboxylic acids is 1. The van der Waals surface area contributed by atoms with Crippen LogP contribution >= 0.6 is 0 Å². The third-order valence-electron chi connectivity index (χ3n) is 4.79. The van der Waals surface area contributed by atoms with Crippen molar-refractivity contribution in [3.8, 4) is 11.3 Å². The van der Waals surface area contributed by atoms with E-state index in [1.54, 1.807) is 36.1 Å². The standard InChI is InChI=1S/C21H15F2N3O3/c1-25-18(7-8-24-25)12-5-6-13(17(23)9-12)10-26-11-15(21(28)29)20(27)14-3-2-4-16(22)19(14)26/h2-9,11H,10H2,1H3,(H,28,29). The molecule has 0 amide bonds. The van der Waals surface area contributed by atoms with Gasteiger partial charge in [-0.05, 0) is 24.3 Å². The Labute approximate surface area is 163 Å². The van der Waals surface area contributed by atoms with Crippen LogP contribution in [-0.4, -0.2) is 25.4 Å². The van der Waals surface area contributed by atoms with Crippen LogP contribution in [0, 0.1) is 11.6 Å². The van der Waals surface area contributed by atoms with E-state index in [-0.39, 0.29) is 23.0 Å². The summed E-state index contributed by atoms with van der Waals surface area (Å²) in [6.07, 6.45) is 2.65. The van der Waals surface area contributed by atoms with Gasteiger partial charge in [0.15, 0.2) is 0 Å². The first-order chi connectivity index (χ1) is 13.9. The second-order valence-electron chi connectivity index (χ2n) is 6.59. The summed E-state index contributed by atoms with van der Waals surface area (Å²) in [5.74, 6) is -2.66. The highest BCUT2D eigenvalue weighted by atomic mass is 19.1. The van der Waals surface area contributed by atoms with Crippen molar-refractivity contribution >= 4 is 16.9 Å². The zero-order valence-electron chi connectivity index (χ0n) is 15.3. The van der Waals surface area contributed by atoms with Gasteiger partial charge in [0.25, 0.3) is 0 Å². The molecule has 0 aliphatic rings. The van der Waals surface area contributed by atoms with Crippen molar-refractivity contribution in [1.29, 1.82) is 0 Å². The Bertz CT molecular complexity index is 1320. The lowest BCUT2D eigenvalue weighted by Gasteiger charge is -2.14. The minimum atomic E-state index is -1.43. The lowest BCUT2D eigenvalue weighted by atomic mass is 10.1. The van der Waals surface area contributed by atoms with Gasteiger partial charge in [-0.15, -0.1) is 0 Å². The van der Waals surface area contributed by atoms with Gasteiger partial charge in [-0.3, -0.25) is 9.48 Å². The second-order valence-corrected chi connectivity index (χ2v) is 6.59. The molecule has 0 spiro atoms. The van der Waals surface area contributed by atoms with Crippen LogP contribution in [0.25, 0.3) is 22.2 Å². The highest BCUT2D eigenvalue weighted by Crippen LogP contribution is 2.23. The number of aromatic carboxylic acids is 1. The minimum absolute atomic E-state index is 0.0717. The van der Waals surface area contributed by atoms with Crippen molar-refractivity contribution in [1.82, 2.24) is 14.3 Å². The van der Waals surface area contributed by atoms with Crippen LogP contribution in [0.3, 0.4) is 0 Å². The summed E-state index contributed by atoms with van der Waals surface area (Å²) in [4.78, 5) is 23.8. The number of nitrogens with zero attached hydrogens (tertiary/aromatic N) is 3. The number of benzene rings is 2. The number of carboxylic acid groups (broad SMARTS) is 1. The molecule has 0 atom stereocenters. The number of halogens is 2. The zero-order valence-corrected chi connectivity index (χ0v) is 15.3. The molecule has 4 aromatic rings. The Balaban J connectivity index is 1.84. The third-order valence-corrected chi connectivity index (χ3v) is 4.79. The summed E-state index contributed by atoms with van der Waals surface area (Å²) in [7, 11) is 1.74. The van der Waals surface area contributed by atoms with Crippen LogP contribution in [0.1, 0.15) is 15.9 Å². The molecule has 0 radical (unpaired) electrons. The van der Waals surface area contributed by atoms with Crippen molar-refractivity contribution in [3.63, 3.8) is 0 Å². The number of hydrogen-bond acceptors (Lipinski definition) is 3. The number of aromatic nitrogens is 3. The molecule has 0 bridgehead atoms.